The number of nitrogens with zero attached hydrogens (tertiary/aromatic N) is 4. The molecular weight excluding hydrogens is 268 g/mol. The van der Waals surface area contributed by atoms with Crippen LogP contribution < -0.4 is 0 Å². The Morgan fingerprint density at radius 1 is 1.38 bits per heavy atom. The van der Waals surface area contributed by atoms with Crippen LogP contribution in [0, 0.1) is 0 Å². The summed E-state index contributed by atoms with van der Waals surface area (Å²) in [6, 6.07) is 5.21. The van der Waals surface area contributed by atoms with E-state index in [2.05, 4.69) is 10.1 Å². The number of aliphatic hydroxyl groups excluding tert-OH is 1. The highest BCUT2D eigenvalue weighted by Gasteiger charge is 2.22. The summed E-state index contributed by atoms with van der Waals surface area (Å²) < 4.78 is 1.64. The molecule has 0 saturated heterocycles. The van der Waals surface area contributed by atoms with Gasteiger partial charge < -0.3 is 10.0 Å². The van der Waals surface area contributed by atoms with E-state index in [1.165, 1.54) is 0 Å². The van der Waals surface area contributed by atoms with E-state index >= 15 is 0 Å². The van der Waals surface area contributed by atoms with Gasteiger partial charge in [0.05, 0.1) is 0 Å². The van der Waals surface area contributed by atoms with Gasteiger partial charge in [-0.25, -0.2) is 0 Å². The first kappa shape index (κ1) is 15.2. The third kappa shape index (κ3) is 4.13. The smallest absolute Gasteiger partial charge is 0.247 e. The summed E-state index contributed by atoms with van der Waals surface area (Å²) in [6.07, 6.45) is 7.41. The molecule has 2 rings (SSSR count). The summed E-state index contributed by atoms with van der Waals surface area (Å²) in [7, 11) is 0. The van der Waals surface area contributed by atoms with E-state index in [0.29, 0.717) is 19.5 Å². The van der Waals surface area contributed by atoms with E-state index in [1.807, 2.05) is 19.1 Å². The molecule has 2 heterocycles. The minimum absolute atomic E-state index is 0.0102. The predicted molar refractivity (Wildman–Crippen MR) is 78.3 cm³/mol. The van der Waals surface area contributed by atoms with Gasteiger partial charge in [-0.1, -0.05) is 0 Å². The van der Waals surface area contributed by atoms with Crippen molar-refractivity contribution in [1.82, 2.24) is 19.7 Å². The standard InChI is InChI=1S/C15H20N4O2/c1-13(19-10-2-6-17-19)15(21)18(9-3-11-20)12-14-4-7-16-8-5-14/h2,4-8,10,13,20H,3,9,11-12H2,1H3/t13-/m1/s1. The largest absolute Gasteiger partial charge is 0.396 e. The third-order valence-corrected chi connectivity index (χ3v) is 3.30. The van der Waals surface area contributed by atoms with Crippen LogP contribution in [0.4, 0.5) is 0 Å². The second kappa shape index (κ2) is 7.54. The number of carbonyl (C=O) groups is 1. The zero-order valence-electron chi connectivity index (χ0n) is 12.1. The molecule has 1 N–H and O–H groups in total. The fraction of sp³-hybridized carbons (Fsp3) is 0.400. The topological polar surface area (TPSA) is 71.2 Å². The molecule has 2 aromatic heterocycles. The monoisotopic (exact) mass is 288 g/mol. The van der Waals surface area contributed by atoms with Crippen molar-refractivity contribution in [3.63, 3.8) is 0 Å². The van der Waals surface area contributed by atoms with Crippen LogP contribution in [0.25, 0.3) is 0 Å². The highest BCUT2D eigenvalue weighted by atomic mass is 16.3. The lowest BCUT2D eigenvalue weighted by Crippen LogP contribution is -2.37. The number of aliphatic hydroxyl groups is 1. The van der Waals surface area contributed by atoms with E-state index in [9.17, 15) is 4.79 Å². The first-order valence-electron chi connectivity index (χ1n) is 7.00. The SMILES string of the molecule is C[C@H](C(=O)N(CCCO)Cc1ccncc1)n1cccn1. The van der Waals surface area contributed by atoms with Crippen molar-refractivity contribution in [2.24, 2.45) is 0 Å². The summed E-state index contributed by atoms with van der Waals surface area (Å²) in [6.45, 7) is 2.92. The van der Waals surface area contributed by atoms with Crippen molar-refractivity contribution in [2.75, 3.05) is 13.2 Å². The Bertz CT molecular complexity index is 542. The summed E-state index contributed by atoms with van der Waals surface area (Å²) in [5.41, 5.74) is 1.02. The Labute approximate surface area is 124 Å². The van der Waals surface area contributed by atoms with Gasteiger partial charge in [-0.2, -0.15) is 5.10 Å². The van der Waals surface area contributed by atoms with Crippen LogP contribution in [0.1, 0.15) is 24.9 Å². The first-order valence-corrected chi connectivity index (χ1v) is 7.00. The predicted octanol–water partition coefficient (Wildman–Crippen LogP) is 1.25. The van der Waals surface area contributed by atoms with Gasteiger partial charge in [0.1, 0.15) is 6.04 Å². The summed E-state index contributed by atoms with van der Waals surface area (Å²) >= 11 is 0. The van der Waals surface area contributed by atoms with Gasteiger partial charge in [0, 0.05) is 44.5 Å². The van der Waals surface area contributed by atoms with Gasteiger partial charge in [0.2, 0.25) is 5.91 Å². The lowest BCUT2D eigenvalue weighted by molar-refractivity contribution is -0.135. The highest BCUT2D eigenvalue weighted by molar-refractivity contribution is 5.80. The molecule has 112 valence electrons. The van der Waals surface area contributed by atoms with E-state index in [1.54, 1.807) is 40.4 Å². The van der Waals surface area contributed by atoms with Gasteiger partial charge >= 0.3 is 0 Å². The van der Waals surface area contributed by atoms with E-state index in [0.717, 1.165) is 5.56 Å². The Morgan fingerprint density at radius 2 is 2.14 bits per heavy atom. The molecule has 0 aliphatic carbocycles. The molecule has 0 radical (unpaired) electrons. The Balaban J connectivity index is 2.09. The van der Waals surface area contributed by atoms with Crippen LogP contribution >= 0.6 is 0 Å². The first-order chi connectivity index (χ1) is 10.2. The quantitative estimate of drug-likeness (QED) is 0.832. The molecule has 6 heteroatoms. The van der Waals surface area contributed by atoms with Crippen molar-refractivity contribution >= 4 is 5.91 Å². The number of aromatic nitrogens is 3. The molecule has 0 saturated carbocycles. The highest BCUT2D eigenvalue weighted by Crippen LogP contribution is 2.12. The number of amides is 1. The van der Waals surface area contributed by atoms with Crippen LogP contribution in [0.5, 0.6) is 0 Å². The maximum absolute atomic E-state index is 12.6. The van der Waals surface area contributed by atoms with E-state index in [-0.39, 0.29) is 18.6 Å². The molecule has 0 spiro atoms. The van der Waals surface area contributed by atoms with Crippen LogP contribution in [0.2, 0.25) is 0 Å². The van der Waals surface area contributed by atoms with Crippen molar-refractivity contribution in [1.29, 1.82) is 0 Å². The third-order valence-electron chi connectivity index (χ3n) is 3.30. The molecule has 2 aromatic rings. The average Bonchev–Trinajstić information content (AvgIpc) is 3.05. The van der Waals surface area contributed by atoms with E-state index in [4.69, 9.17) is 5.11 Å². The molecule has 21 heavy (non-hydrogen) atoms. The van der Waals surface area contributed by atoms with Crippen LogP contribution in [-0.4, -0.2) is 43.8 Å². The average molecular weight is 288 g/mol. The van der Waals surface area contributed by atoms with Crippen LogP contribution in [0.15, 0.2) is 43.0 Å². The number of pyridine rings is 1. The molecule has 0 aromatic carbocycles. The normalized spacial score (nSPS) is 12.1. The zero-order valence-corrected chi connectivity index (χ0v) is 12.1. The number of carbonyl (C=O) groups excluding carboxylic acids is 1. The van der Waals surface area contributed by atoms with Crippen molar-refractivity contribution in [3.05, 3.63) is 48.5 Å². The van der Waals surface area contributed by atoms with Crippen molar-refractivity contribution in [2.45, 2.75) is 25.9 Å². The fourth-order valence-electron chi connectivity index (χ4n) is 2.12. The van der Waals surface area contributed by atoms with Crippen LogP contribution in [-0.2, 0) is 11.3 Å². The molecule has 0 aliphatic heterocycles. The van der Waals surface area contributed by atoms with Crippen molar-refractivity contribution in [3.8, 4) is 0 Å². The van der Waals surface area contributed by atoms with Gasteiger partial charge in [-0.05, 0) is 37.1 Å². The maximum Gasteiger partial charge on any atom is 0.247 e. The molecule has 0 unspecified atom stereocenters. The lowest BCUT2D eigenvalue weighted by atomic mass is 10.2. The van der Waals surface area contributed by atoms with Gasteiger partial charge in [0.25, 0.3) is 0 Å². The molecule has 0 bridgehead atoms. The lowest BCUT2D eigenvalue weighted by Gasteiger charge is -2.26. The fourth-order valence-corrected chi connectivity index (χ4v) is 2.12. The second-order valence-electron chi connectivity index (χ2n) is 4.85. The molecular formula is C15H20N4O2. The molecule has 0 fully saturated rings. The maximum atomic E-state index is 12.6. The summed E-state index contributed by atoms with van der Waals surface area (Å²) in [5.74, 6) is -0.0102. The van der Waals surface area contributed by atoms with Gasteiger partial charge in [-0.15, -0.1) is 0 Å². The van der Waals surface area contributed by atoms with Gasteiger partial charge in [-0.3, -0.25) is 14.5 Å². The molecule has 6 nitrogen and oxygen atoms in total. The van der Waals surface area contributed by atoms with Crippen molar-refractivity contribution < 1.29 is 9.90 Å². The van der Waals surface area contributed by atoms with Crippen LogP contribution in [0.3, 0.4) is 0 Å². The molecule has 1 atom stereocenters. The van der Waals surface area contributed by atoms with E-state index < -0.39 is 0 Å². The van der Waals surface area contributed by atoms with Gasteiger partial charge in [0.15, 0.2) is 0 Å². The Morgan fingerprint density at radius 3 is 2.76 bits per heavy atom. The number of hydrogen-bond donors (Lipinski definition) is 1. The summed E-state index contributed by atoms with van der Waals surface area (Å²) in [4.78, 5) is 18.3. The Kier molecular flexibility index (Phi) is 5.45. The zero-order chi connectivity index (χ0) is 15.1. The minimum Gasteiger partial charge on any atom is -0.396 e. The number of rotatable bonds is 7. The number of hydrogen-bond acceptors (Lipinski definition) is 4. The molecule has 0 aliphatic rings. The Hall–Kier alpha value is -2.21. The minimum atomic E-state index is -0.361. The molecule has 1 amide bonds. The second-order valence-corrected chi connectivity index (χ2v) is 4.85. The summed E-state index contributed by atoms with van der Waals surface area (Å²) in [5, 5.41) is 13.1.